The molecule has 4 heteroatoms. The molecule has 0 unspecified atom stereocenters. The van der Waals surface area contributed by atoms with E-state index in [9.17, 15) is 4.79 Å². The first-order valence-electron chi connectivity index (χ1n) is 4.93. The number of halogens is 2. The van der Waals surface area contributed by atoms with Gasteiger partial charge in [0.15, 0.2) is 0 Å². The molecule has 1 aromatic rings. The van der Waals surface area contributed by atoms with Crippen molar-refractivity contribution in [3.63, 3.8) is 0 Å². The molecule has 0 spiro atoms. The Morgan fingerprint density at radius 1 is 1.27 bits per heavy atom. The van der Waals surface area contributed by atoms with Crippen LogP contribution >= 0.6 is 27.5 Å². The summed E-state index contributed by atoms with van der Waals surface area (Å²) in [7, 11) is 0. The molecule has 0 atom stereocenters. The Balaban J connectivity index is 2.31. The van der Waals surface area contributed by atoms with Crippen LogP contribution in [0.25, 0.3) is 0 Å². The molecule has 1 aliphatic heterocycles. The highest BCUT2D eigenvalue weighted by atomic mass is 79.9. The van der Waals surface area contributed by atoms with E-state index in [0.717, 1.165) is 29.5 Å². The lowest BCUT2D eigenvalue weighted by Crippen LogP contribution is -2.35. The molecule has 0 saturated carbocycles. The summed E-state index contributed by atoms with van der Waals surface area (Å²) in [6.45, 7) is 0.797. The molecule has 1 heterocycles. The van der Waals surface area contributed by atoms with Gasteiger partial charge in [0.1, 0.15) is 0 Å². The smallest absolute Gasteiger partial charge is 0.226 e. The van der Waals surface area contributed by atoms with E-state index in [4.69, 9.17) is 11.6 Å². The molecule has 1 aromatic carbocycles. The van der Waals surface area contributed by atoms with Gasteiger partial charge in [-0.1, -0.05) is 27.5 Å². The van der Waals surface area contributed by atoms with Crippen LogP contribution < -0.4 is 4.90 Å². The van der Waals surface area contributed by atoms with Gasteiger partial charge in [-0.2, -0.15) is 0 Å². The van der Waals surface area contributed by atoms with E-state index in [0.29, 0.717) is 11.4 Å². The molecule has 1 aliphatic rings. The first kappa shape index (κ1) is 11.0. The largest absolute Gasteiger partial charge is 0.312 e. The van der Waals surface area contributed by atoms with Crippen LogP contribution in [-0.4, -0.2) is 12.5 Å². The number of amides is 1. The molecular weight excluding hydrogens is 277 g/mol. The van der Waals surface area contributed by atoms with Gasteiger partial charge in [0.2, 0.25) is 5.91 Å². The highest BCUT2D eigenvalue weighted by Crippen LogP contribution is 2.28. The summed E-state index contributed by atoms with van der Waals surface area (Å²) in [5, 5.41) is 0.651. The average molecular weight is 289 g/mol. The zero-order valence-electron chi connectivity index (χ0n) is 8.17. The molecule has 0 N–H and O–H groups in total. The minimum atomic E-state index is 0.190. The Morgan fingerprint density at radius 2 is 2.07 bits per heavy atom. The van der Waals surface area contributed by atoms with Gasteiger partial charge < -0.3 is 4.90 Å². The third-order valence-electron chi connectivity index (χ3n) is 2.48. The molecule has 15 heavy (non-hydrogen) atoms. The van der Waals surface area contributed by atoms with Crippen LogP contribution in [0.1, 0.15) is 19.3 Å². The van der Waals surface area contributed by atoms with Gasteiger partial charge in [-0.05, 0) is 31.0 Å². The molecule has 2 rings (SSSR count). The second-order valence-electron chi connectivity index (χ2n) is 3.63. The monoisotopic (exact) mass is 287 g/mol. The van der Waals surface area contributed by atoms with Crippen LogP contribution in [0.4, 0.5) is 5.69 Å². The fourth-order valence-corrected chi connectivity index (χ4v) is 2.62. The number of piperidine rings is 1. The van der Waals surface area contributed by atoms with Gasteiger partial charge in [0.25, 0.3) is 0 Å². The Hall–Kier alpha value is -0.540. The van der Waals surface area contributed by atoms with Crippen molar-refractivity contribution in [3.05, 3.63) is 27.7 Å². The van der Waals surface area contributed by atoms with Crippen molar-refractivity contribution in [1.82, 2.24) is 0 Å². The topological polar surface area (TPSA) is 20.3 Å². The second-order valence-corrected chi connectivity index (χ2v) is 4.98. The van der Waals surface area contributed by atoms with E-state index >= 15 is 0 Å². The maximum Gasteiger partial charge on any atom is 0.226 e. The molecule has 1 amide bonds. The van der Waals surface area contributed by atoms with Crippen molar-refractivity contribution >= 4 is 39.1 Å². The Bertz CT molecular complexity index is 374. The third-order valence-corrected chi connectivity index (χ3v) is 3.16. The summed E-state index contributed by atoms with van der Waals surface area (Å²) in [5.41, 5.74) is 0.888. The van der Waals surface area contributed by atoms with Crippen LogP contribution in [0.5, 0.6) is 0 Å². The van der Waals surface area contributed by atoms with Crippen molar-refractivity contribution in [2.75, 3.05) is 11.4 Å². The zero-order chi connectivity index (χ0) is 10.8. The number of benzene rings is 1. The van der Waals surface area contributed by atoms with Crippen LogP contribution in [0.2, 0.25) is 5.02 Å². The summed E-state index contributed by atoms with van der Waals surface area (Å²) in [6.07, 6.45) is 2.71. The molecule has 80 valence electrons. The molecular formula is C11H11BrClNO. The molecule has 1 saturated heterocycles. The number of hydrogen-bond donors (Lipinski definition) is 0. The van der Waals surface area contributed by atoms with Crippen molar-refractivity contribution < 1.29 is 4.79 Å². The van der Waals surface area contributed by atoms with Gasteiger partial charge in [-0.3, -0.25) is 4.79 Å². The van der Waals surface area contributed by atoms with E-state index in [-0.39, 0.29) is 5.91 Å². The number of nitrogens with zero attached hydrogens (tertiary/aromatic N) is 1. The lowest BCUT2D eigenvalue weighted by atomic mass is 10.1. The molecule has 0 aromatic heterocycles. The van der Waals surface area contributed by atoms with Crippen molar-refractivity contribution in [3.8, 4) is 0 Å². The molecule has 0 bridgehead atoms. The van der Waals surface area contributed by atoms with E-state index in [1.807, 2.05) is 18.2 Å². The first-order chi connectivity index (χ1) is 7.16. The highest BCUT2D eigenvalue weighted by Gasteiger charge is 2.19. The van der Waals surface area contributed by atoms with E-state index in [2.05, 4.69) is 15.9 Å². The lowest BCUT2D eigenvalue weighted by molar-refractivity contribution is -0.119. The van der Waals surface area contributed by atoms with Gasteiger partial charge in [-0.15, -0.1) is 0 Å². The Morgan fingerprint density at radius 3 is 2.73 bits per heavy atom. The quantitative estimate of drug-likeness (QED) is 0.773. The number of rotatable bonds is 1. The van der Waals surface area contributed by atoms with Crippen molar-refractivity contribution in [2.45, 2.75) is 19.3 Å². The first-order valence-corrected chi connectivity index (χ1v) is 6.10. The van der Waals surface area contributed by atoms with Crippen LogP contribution in [-0.2, 0) is 4.79 Å². The van der Waals surface area contributed by atoms with E-state index in [1.165, 1.54) is 0 Å². The minimum Gasteiger partial charge on any atom is -0.312 e. The normalized spacial score (nSPS) is 16.9. The summed E-state index contributed by atoms with van der Waals surface area (Å²) >= 11 is 9.33. The molecule has 0 aliphatic carbocycles. The zero-order valence-corrected chi connectivity index (χ0v) is 10.5. The fourth-order valence-electron chi connectivity index (χ4n) is 1.77. The summed E-state index contributed by atoms with van der Waals surface area (Å²) in [5.74, 6) is 0.190. The number of anilines is 1. The number of carbonyl (C=O) groups is 1. The predicted octanol–water partition coefficient (Wildman–Crippen LogP) is 3.62. The SMILES string of the molecule is O=C1CCCCN1c1cc(Cl)cc(Br)c1. The van der Waals surface area contributed by atoms with Gasteiger partial charge >= 0.3 is 0 Å². The Kier molecular flexibility index (Phi) is 3.32. The number of hydrogen-bond acceptors (Lipinski definition) is 1. The van der Waals surface area contributed by atoms with Gasteiger partial charge in [0, 0.05) is 28.1 Å². The van der Waals surface area contributed by atoms with Gasteiger partial charge in [0.05, 0.1) is 0 Å². The maximum absolute atomic E-state index is 11.7. The standard InChI is InChI=1S/C11H11BrClNO/c12-8-5-9(13)7-10(6-8)14-4-2-1-3-11(14)15/h5-7H,1-4H2. The van der Waals surface area contributed by atoms with Crippen molar-refractivity contribution in [2.24, 2.45) is 0 Å². The second kappa shape index (κ2) is 4.54. The van der Waals surface area contributed by atoms with Crippen LogP contribution in [0, 0.1) is 0 Å². The third kappa shape index (κ3) is 2.52. The van der Waals surface area contributed by atoms with Crippen molar-refractivity contribution in [1.29, 1.82) is 0 Å². The van der Waals surface area contributed by atoms with E-state index in [1.54, 1.807) is 4.90 Å². The minimum absolute atomic E-state index is 0.190. The maximum atomic E-state index is 11.7. The summed E-state index contributed by atoms with van der Waals surface area (Å²) in [6, 6.07) is 5.57. The predicted molar refractivity (Wildman–Crippen MR) is 65.4 cm³/mol. The summed E-state index contributed by atoms with van der Waals surface area (Å²) < 4.78 is 0.906. The van der Waals surface area contributed by atoms with Crippen LogP contribution in [0.3, 0.4) is 0 Å². The fraction of sp³-hybridized carbons (Fsp3) is 0.364. The molecule has 1 fully saturated rings. The van der Waals surface area contributed by atoms with E-state index < -0.39 is 0 Å². The average Bonchev–Trinajstić information content (AvgIpc) is 2.16. The van der Waals surface area contributed by atoms with Gasteiger partial charge in [-0.25, -0.2) is 0 Å². The molecule has 0 radical (unpaired) electrons. The van der Waals surface area contributed by atoms with Crippen LogP contribution in [0.15, 0.2) is 22.7 Å². The lowest BCUT2D eigenvalue weighted by Gasteiger charge is -2.27. The summed E-state index contributed by atoms with van der Waals surface area (Å²) in [4.78, 5) is 13.5. The number of carbonyl (C=O) groups excluding carboxylic acids is 1. The Labute approximate surface area is 102 Å². The molecule has 2 nitrogen and oxygen atoms in total. The highest BCUT2D eigenvalue weighted by molar-refractivity contribution is 9.10.